The number of aryl methyl sites for hydroxylation is 1. The van der Waals surface area contributed by atoms with Crippen LogP contribution in [0.4, 0.5) is 11.4 Å². The zero-order chi connectivity index (χ0) is 11.4. The first-order valence-corrected chi connectivity index (χ1v) is 5.31. The Morgan fingerprint density at radius 2 is 2.06 bits per heavy atom. The molecule has 0 radical (unpaired) electrons. The Bertz CT molecular complexity index is 444. The van der Waals surface area contributed by atoms with Gasteiger partial charge >= 0.3 is 0 Å². The van der Waals surface area contributed by atoms with E-state index in [4.69, 9.17) is 5.73 Å². The van der Waals surface area contributed by atoms with Gasteiger partial charge in [0.25, 0.3) is 0 Å². The number of hydrogen-bond donors (Lipinski definition) is 2. The molecule has 0 spiro atoms. The van der Waals surface area contributed by atoms with E-state index < -0.39 is 0 Å². The summed E-state index contributed by atoms with van der Waals surface area (Å²) in [4.78, 5) is 4.26. The lowest BCUT2D eigenvalue weighted by molar-refractivity contribution is 0.790. The molecule has 0 fully saturated rings. The molecule has 4 nitrogen and oxygen atoms in total. The average molecular weight is 216 g/mol. The quantitative estimate of drug-likeness (QED) is 0.764. The number of hydrogen-bond acceptors (Lipinski definition) is 3. The number of imidazole rings is 1. The Morgan fingerprint density at radius 1 is 1.31 bits per heavy atom. The van der Waals surface area contributed by atoms with Gasteiger partial charge in [0.05, 0.1) is 0 Å². The van der Waals surface area contributed by atoms with Gasteiger partial charge in [0.2, 0.25) is 0 Å². The van der Waals surface area contributed by atoms with Crippen molar-refractivity contribution in [1.82, 2.24) is 9.55 Å². The van der Waals surface area contributed by atoms with Crippen LogP contribution >= 0.6 is 0 Å². The third-order valence-electron chi connectivity index (χ3n) is 2.51. The molecule has 0 saturated heterocycles. The first-order valence-electron chi connectivity index (χ1n) is 5.31. The maximum Gasteiger partial charge on any atom is 0.110 e. The Balaban J connectivity index is 1.84. The molecule has 0 aliphatic rings. The molecule has 0 atom stereocenters. The minimum atomic E-state index is 0.787. The summed E-state index contributed by atoms with van der Waals surface area (Å²) < 4.78 is 2.03. The summed E-state index contributed by atoms with van der Waals surface area (Å²) in [6.45, 7) is 0.870. The van der Waals surface area contributed by atoms with Crippen LogP contribution in [0.25, 0.3) is 0 Å². The Labute approximate surface area is 95.1 Å². The van der Waals surface area contributed by atoms with Crippen LogP contribution in [0.15, 0.2) is 36.7 Å². The lowest BCUT2D eigenvalue weighted by atomic mass is 10.3. The van der Waals surface area contributed by atoms with Gasteiger partial charge in [-0.15, -0.1) is 0 Å². The molecule has 0 amide bonds. The second kappa shape index (κ2) is 4.70. The summed E-state index contributed by atoms with van der Waals surface area (Å²) in [5.41, 5.74) is 7.48. The van der Waals surface area contributed by atoms with E-state index in [2.05, 4.69) is 10.3 Å². The summed E-state index contributed by atoms with van der Waals surface area (Å²) in [5.74, 6) is 1.09. The molecule has 16 heavy (non-hydrogen) atoms. The summed E-state index contributed by atoms with van der Waals surface area (Å²) in [7, 11) is 2.01. The molecular formula is C12H16N4. The van der Waals surface area contributed by atoms with E-state index in [0.717, 1.165) is 30.2 Å². The molecule has 2 rings (SSSR count). The number of nitrogen functional groups attached to an aromatic ring is 1. The molecule has 1 aromatic heterocycles. The fraction of sp³-hybridized carbons (Fsp3) is 0.250. The SMILES string of the molecule is Cn1ccnc1CCNc1ccc(N)cc1. The molecule has 1 aromatic carbocycles. The van der Waals surface area contributed by atoms with Gasteiger partial charge < -0.3 is 15.6 Å². The minimum Gasteiger partial charge on any atom is -0.399 e. The predicted molar refractivity (Wildman–Crippen MR) is 66.3 cm³/mol. The van der Waals surface area contributed by atoms with Crippen molar-refractivity contribution >= 4 is 11.4 Å². The largest absolute Gasteiger partial charge is 0.399 e. The average Bonchev–Trinajstić information content (AvgIpc) is 2.68. The van der Waals surface area contributed by atoms with E-state index in [-0.39, 0.29) is 0 Å². The molecule has 0 saturated carbocycles. The van der Waals surface area contributed by atoms with Crippen molar-refractivity contribution in [2.45, 2.75) is 6.42 Å². The number of nitrogens with one attached hydrogen (secondary N) is 1. The number of nitrogens with zero attached hydrogens (tertiary/aromatic N) is 2. The second-order valence-electron chi connectivity index (χ2n) is 3.75. The van der Waals surface area contributed by atoms with E-state index in [1.807, 2.05) is 48.3 Å². The first-order chi connectivity index (χ1) is 7.75. The zero-order valence-electron chi connectivity index (χ0n) is 9.35. The van der Waals surface area contributed by atoms with Gasteiger partial charge in [0, 0.05) is 43.8 Å². The highest BCUT2D eigenvalue weighted by atomic mass is 15.0. The van der Waals surface area contributed by atoms with Crippen LogP contribution in [0.2, 0.25) is 0 Å². The van der Waals surface area contributed by atoms with Crippen LogP contribution in [0.5, 0.6) is 0 Å². The van der Waals surface area contributed by atoms with Gasteiger partial charge in [0.1, 0.15) is 5.82 Å². The molecular weight excluding hydrogens is 200 g/mol. The smallest absolute Gasteiger partial charge is 0.110 e. The van der Waals surface area contributed by atoms with Gasteiger partial charge in [-0.1, -0.05) is 0 Å². The maximum atomic E-state index is 5.61. The first kappa shape index (κ1) is 10.5. The van der Waals surface area contributed by atoms with Crippen LogP contribution in [0.3, 0.4) is 0 Å². The highest BCUT2D eigenvalue weighted by molar-refractivity contribution is 5.51. The van der Waals surface area contributed by atoms with Crippen molar-refractivity contribution in [1.29, 1.82) is 0 Å². The van der Waals surface area contributed by atoms with E-state index in [1.165, 1.54) is 0 Å². The molecule has 2 aromatic rings. The number of nitrogens with two attached hydrogens (primary N) is 1. The highest BCUT2D eigenvalue weighted by Crippen LogP contribution is 2.10. The van der Waals surface area contributed by atoms with Gasteiger partial charge in [0.15, 0.2) is 0 Å². The van der Waals surface area contributed by atoms with Crippen molar-refractivity contribution in [3.05, 3.63) is 42.5 Å². The molecule has 84 valence electrons. The molecule has 0 aliphatic carbocycles. The van der Waals surface area contributed by atoms with Gasteiger partial charge in [-0.3, -0.25) is 0 Å². The lowest BCUT2D eigenvalue weighted by Crippen LogP contribution is -2.08. The highest BCUT2D eigenvalue weighted by Gasteiger charge is 1.98. The summed E-state index contributed by atoms with van der Waals surface area (Å²) in [6, 6.07) is 7.74. The number of benzene rings is 1. The van der Waals surface area contributed by atoms with Gasteiger partial charge in [-0.25, -0.2) is 4.98 Å². The normalized spacial score (nSPS) is 10.3. The third kappa shape index (κ3) is 2.53. The van der Waals surface area contributed by atoms with E-state index in [0.29, 0.717) is 0 Å². The van der Waals surface area contributed by atoms with Crippen molar-refractivity contribution in [3.8, 4) is 0 Å². The van der Waals surface area contributed by atoms with E-state index >= 15 is 0 Å². The fourth-order valence-electron chi connectivity index (χ4n) is 1.56. The lowest BCUT2D eigenvalue weighted by Gasteiger charge is -2.06. The molecule has 4 heteroatoms. The van der Waals surface area contributed by atoms with Crippen molar-refractivity contribution in [2.75, 3.05) is 17.6 Å². The summed E-state index contributed by atoms with van der Waals surface area (Å²) in [6.07, 6.45) is 4.69. The maximum absolute atomic E-state index is 5.61. The van der Waals surface area contributed by atoms with E-state index in [9.17, 15) is 0 Å². The Morgan fingerprint density at radius 3 is 2.69 bits per heavy atom. The van der Waals surface area contributed by atoms with Crippen LogP contribution in [0, 0.1) is 0 Å². The summed E-state index contributed by atoms with van der Waals surface area (Å²) in [5, 5.41) is 3.33. The van der Waals surface area contributed by atoms with Crippen LogP contribution in [-0.2, 0) is 13.5 Å². The standard InChI is InChI=1S/C12H16N4/c1-16-9-8-15-12(16)6-7-14-11-4-2-10(13)3-5-11/h2-5,8-9,14H,6-7,13H2,1H3. The van der Waals surface area contributed by atoms with Gasteiger partial charge in [-0.2, -0.15) is 0 Å². The Kier molecular flexibility index (Phi) is 3.10. The number of rotatable bonds is 4. The van der Waals surface area contributed by atoms with Crippen molar-refractivity contribution in [3.63, 3.8) is 0 Å². The molecule has 0 bridgehead atoms. The van der Waals surface area contributed by atoms with Gasteiger partial charge in [-0.05, 0) is 24.3 Å². The summed E-state index contributed by atoms with van der Waals surface area (Å²) >= 11 is 0. The monoisotopic (exact) mass is 216 g/mol. The molecule has 1 heterocycles. The van der Waals surface area contributed by atoms with Crippen LogP contribution in [0.1, 0.15) is 5.82 Å². The van der Waals surface area contributed by atoms with Crippen LogP contribution < -0.4 is 11.1 Å². The minimum absolute atomic E-state index is 0.787. The zero-order valence-corrected chi connectivity index (χ0v) is 9.35. The van der Waals surface area contributed by atoms with Crippen molar-refractivity contribution in [2.24, 2.45) is 7.05 Å². The third-order valence-corrected chi connectivity index (χ3v) is 2.51. The van der Waals surface area contributed by atoms with E-state index in [1.54, 1.807) is 0 Å². The molecule has 3 N–H and O–H groups in total. The Hall–Kier alpha value is -1.97. The molecule has 0 aliphatic heterocycles. The van der Waals surface area contributed by atoms with Crippen molar-refractivity contribution < 1.29 is 0 Å². The fourth-order valence-corrected chi connectivity index (χ4v) is 1.56. The number of anilines is 2. The second-order valence-corrected chi connectivity index (χ2v) is 3.75. The predicted octanol–water partition coefficient (Wildman–Crippen LogP) is 1.66. The topological polar surface area (TPSA) is 55.9 Å². The molecule has 0 unspecified atom stereocenters. The van der Waals surface area contributed by atoms with Crippen LogP contribution in [-0.4, -0.2) is 16.1 Å². The number of aromatic nitrogens is 2.